The third-order valence-electron chi connectivity index (χ3n) is 4.35. The van der Waals surface area contributed by atoms with E-state index in [0.717, 1.165) is 5.52 Å². The van der Waals surface area contributed by atoms with Gasteiger partial charge < -0.3 is 9.72 Å². The molecular weight excluding hydrogens is 415 g/mol. The average molecular weight is 427 g/mol. The second-order valence-corrected chi connectivity index (χ2v) is 7.02. The van der Waals surface area contributed by atoms with Crippen LogP contribution in [0, 0.1) is 10.1 Å². The van der Waals surface area contributed by atoms with E-state index in [0.29, 0.717) is 22.3 Å². The Kier molecular flexibility index (Phi) is 4.96. The van der Waals surface area contributed by atoms with Crippen LogP contribution in [0.5, 0.6) is 11.5 Å². The first kappa shape index (κ1) is 19.0. The van der Waals surface area contributed by atoms with Crippen LogP contribution >= 0.6 is 23.2 Å². The number of hydrogen-bond donors (Lipinski definition) is 1. The second kappa shape index (κ2) is 7.58. The molecule has 0 radical (unpaired) electrons. The topological polar surface area (TPSA) is 85.2 Å². The molecule has 4 aromatic rings. The summed E-state index contributed by atoms with van der Waals surface area (Å²) in [5.41, 5.74) is 1.60. The number of fused-ring (bicyclic) bond motifs is 1. The Labute approximate surface area is 174 Å². The third kappa shape index (κ3) is 3.68. The second-order valence-electron chi connectivity index (χ2n) is 6.20. The SMILES string of the molecule is O=C(c1ccccc1)c1c[nH]c2ccc(Oc3c(Cl)cc([N+](=O)[O-])cc3Cl)cc12. The predicted molar refractivity (Wildman–Crippen MR) is 111 cm³/mol. The number of rotatable bonds is 5. The first-order valence-electron chi connectivity index (χ1n) is 8.46. The summed E-state index contributed by atoms with van der Waals surface area (Å²) in [6, 6.07) is 16.4. The highest BCUT2D eigenvalue weighted by atomic mass is 35.5. The minimum atomic E-state index is -0.588. The van der Waals surface area contributed by atoms with Crippen LogP contribution in [0.3, 0.4) is 0 Å². The number of H-pyrrole nitrogens is 1. The van der Waals surface area contributed by atoms with Gasteiger partial charge in [0.25, 0.3) is 5.69 Å². The molecule has 1 N–H and O–H groups in total. The van der Waals surface area contributed by atoms with Crippen molar-refractivity contribution in [1.82, 2.24) is 4.98 Å². The molecule has 29 heavy (non-hydrogen) atoms. The summed E-state index contributed by atoms with van der Waals surface area (Å²) in [7, 11) is 0. The minimum absolute atomic E-state index is 0.0129. The van der Waals surface area contributed by atoms with Gasteiger partial charge in [-0.3, -0.25) is 14.9 Å². The van der Waals surface area contributed by atoms with Gasteiger partial charge in [-0.1, -0.05) is 53.5 Å². The molecule has 8 heteroatoms. The number of non-ortho nitro benzene ring substituents is 1. The highest BCUT2D eigenvalue weighted by Gasteiger charge is 2.18. The van der Waals surface area contributed by atoms with Crippen molar-refractivity contribution in [2.75, 3.05) is 0 Å². The van der Waals surface area contributed by atoms with Crippen molar-refractivity contribution >= 4 is 45.6 Å². The lowest BCUT2D eigenvalue weighted by atomic mass is 10.0. The molecule has 3 aromatic carbocycles. The zero-order chi connectivity index (χ0) is 20.5. The molecule has 6 nitrogen and oxygen atoms in total. The largest absolute Gasteiger partial charge is 0.454 e. The Bertz CT molecular complexity index is 1230. The van der Waals surface area contributed by atoms with Crippen LogP contribution in [0.15, 0.2) is 66.9 Å². The number of ether oxygens (including phenoxy) is 1. The van der Waals surface area contributed by atoms with E-state index < -0.39 is 4.92 Å². The highest BCUT2D eigenvalue weighted by Crippen LogP contribution is 2.40. The van der Waals surface area contributed by atoms with E-state index >= 15 is 0 Å². The number of carbonyl (C=O) groups excluding carboxylic acids is 1. The number of ketones is 1. The van der Waals surface area contributed by atoms with Crippen LogP contribution in [0.1, 0.15) is 15.9 Å². The van der Waals surface area contributed by atoms with Gasteiger partial charge in [0.05, 0.1) is 15.0 Å². The Morgan fingerprint density at radius 3 is 2.34 bits per heavy atom. The van der Waals surface area contributed by atoms with E-state index in [1.165, 1.54) is 12.1 Å². The molecule has 4 rings (SSSR count). The molecular formula is C21H12Cl2N2O4. The number of nitrogens with one attached hydrogen (secondary N) is 1. The van der Waals surface area contributed by atoms with Gasteiger partial charge in [0.15, 0.2) is 11.5 Å². The number of nitrogens with zero attached hydrogens (tertiary/aromatic N) is 1. The van der Waals surface area contributed by atoms with E-state index in [9.17, 15) is 14.9 Å². The molecule has 1 heterocycles. The molecule has 0 fully saturated rings. The van der Waals surface area contributed by atoms with Crippen LogP contribution in [0.4, 0.5) is 5.69 Å². The standard InChI is InChI=1S/C21H12Cl2N2O4/c22-17-8-13(25(27)28)9-18(23)21(17)29-14-6-7-19-15(10-14)16(11-24-19)20(26)12-4-2-1-3-5-12/h1-11,24H. The number of nitro groups is 1. The fraction of sp³-hybridized carbons (Fsp3) is 0. The number of benzene rings is 3. The zero-order valence-corrected chi connectivity index (χ0v) is 16.2. The molecule has 0 unspecified atom stereocenters. The van der Waals surface area contributed by atoms with Crippen molar-refractivity contribution in [3.8, 4) is 11.5 Å². The maximum Gasteiger partial charge on any atom is 0.272 e. The molecule has 0 atom stereocenters. The quantitative estimate of drug-likeness (QED) is 0.227. The van der Waals surface area contributed by atoms with Crippen LogP contribution in [-0.4, -0.2) is 15.7 Å². The lowest BCUT2D eigenvalue weighted by Crippen LogP contribution is -1.99. The molecule has 0 spiro atoms. The lowest BCUT2D eigenvalue weighted by Gasteiger charge is -2.10. The maximum atomic E-state index is 12.8. The summed E-state index contributed by atoms with van der Waals surface area (Å²) in [6.07, 6.45) is 1.65. The van der Waals surface area contributed by atoms with E-state index in [1.807, 2.05) is 6.07 Å². The van der Waals surface area contributed by atoms with E-state index in [-0.39, 0.29) is 27.3 Å². The number of nitro benzene ring substituents is 1. The average Bonchev–Trinajstić information content (AvgIpc) is 3.13. The molecule has 0 bridgehead atoms. The smallest absolute Gasteiger partial charge is 0.272 e. The Hall–Kier alpha value is -3.35. The van der Waals surface area contributed by atoms with Crippen molar-refractivity contribution in [3.63, 3.8) is 0 Å². The molecule has 0 aliphatic carbocycles. The van der Waals surface area contributed by atoms with Gasteiger partial charge in [0, 0.05) is 40.4 Å². The van der Waals surface area contributed by atoms with Gasteiger partial charge in [-0.15, -0.1) is 0 Å². The maximum absolute atomic E-state index is 12.8. The molecule has 0 aliphatic rings. The Morgan fingerprint density at radius 2 is 1.69 bits per heavy atom. The number of halogens is 2. The molecule has 144 valence electrons. The normalized spacial score (nSPS) is 10.8. The summed E-state index contributed by atoms with van der Waals surface area (Å²) in [5.74, 6) is 0.363. The van der Waals surface area contributed by atoms with Gasteiger partial charge in [-0.25, -0.2) is 0 Å². The molecule has 0 amide bonds. The van der Waals surface area contributed by atoms with E-state index in [4.69, 9.17) is 27.9 Å². The molecule has 0 saturated carbocycles. The van der Waals surface area contributed by atoms with Crippen LogP contribution < -0.4 is 4.74 Å². The summed E-state index contributed by atoms with van der Waals surface area (Å²) in [5, 5.41) is 11.6. The van der Waals surface area contributed by atoms with Crippen LogP contribution in [-0.2, 0) is 0 Å². The lowest BCUT2D eigenvalue weighted by molar-refractivity contribution is -0.384. The highest BCUT2D eigenvalue weighted by molar-refractivity contribution is 6.37. The number of aromatic nitrogens is 1. The van der Waals surface area contributed by atoms with E-state index in [1.54, 1.807) is 48.7 Å². The summed E-state index contributed by atoms with van der Waals surface area (Å²) in [6.45, 7) is 0. The van der Waals surface area contributed by atoms with Crippen molar-refractivity contribution in [3.05, 3.63) is 98.1 Å². The van der Waals surface area contributed by atoms with Gasteiger partial charge in [0.1, 0.15) is 5.75 Å². The zero-order valence-electron chi connectivity index (χ0n) is 14.7. The monoisotopic (exact) mass is 426 g/mol. The summed E-state index contributed by atoms with van der Waals surface area (Å²) in [4.78, 5) is 26.2. The summed E-state index contributed by atoms with van der Waals surface area (Å²) >= 11 is 12.2. The van der Waals surface area contributed by atoms with E-state index in [2.05, 4.69) is 4.98 Å². The minimum Gasteiger partial charge on any atom is -0.454 e. The van der Waals surface area contributed by atoms with Crippen molar-refractivity contribution < 1.29 is 14.5 Å². The van der Waals surface area contributed by atoms with Crippen LogP contribution in [0.2, 0.25) is 10.0 Å². The van der Waals surface area contributed by atoms with Gasteiger partial charge >= 0.3 is 0 Å². The number of carbonyl (C=O) groups is 1. The molecule has 1 aromatic heterocycles. The fourth-order valence-corrected chi connectivity index (χ4v) is 3.52. The summed E-state index contributed by atoms with van der Waals surface area (Å²) < 4.78 is 5.78. The fourth-order valence-electron chi connectivity index (χ4n) is 2.96. The predicted octanol–water partition coefficient (Wildman–Crippen LogP) is 6.41. The van der Waals surface area contributed by atoms with Gasteiger partial charge in [0.2, 0.25) is 0 Å². The van der Waals surface area contributed by atoms with Crippen LogP contribution in [0.25, 0.3) is 10.9 Å². The molecule has 0 aliphatic heterocycles. The number of aromatic amines is 1. The van der Waals surface area contributed by atoms with Crippen molar-refractivity contribution in [2.24, 2.45) is 0 Å². The number of hydrogen-bond acceptors (Lipinski definition) is 4. The third-order valence-corrected chi connectivity index (χ3v) is 4.91. The van der Waals surface area contributed by atoms with Crippen molar-refractivity contribution in [1.29, 1.82) is 0 Å². The van der Waals surface area contributed by atoms with Crippen molar-refractivity contribution in [2.45, 2.75) is 0 Å². The molecule has 0 saturated heterocycles. The van der Waals surface area contributed by atoms with Gasteiger partial charge in [-0.2, -0.15) is 0 Å². The first-order valence-corrected chi connectivity index (χ1v) is 9.22. The first-order chi connectivity index (χ1) is 13.9. The Morgan fingerprint density at radius 1 is 1.00 bits per heavy atom. The Balaban J connectivity index is 1.72. The van der Waals surface area contributed by atoms with Gasteiger partial charge in [-0.05, 0) is 18.2 Å².